The number of rotatable bonds is 7. The van der Waals surface area contributed by atoms with E-state index in [9.17, 15) is 0 Å². The minimum Gasteiger partial charge on any atom is -0.380 e. The molecule has 0 aromatic carbocycles. The van der Waals surface area contributed by atoms with Gasteiger partial charge in [-0.25, -0.2) is 0 Å². The van der Waals surface area contributed by atoms with E-state index >= 15 is 0 Å². The Morgan fingerprint density at radius 1 is 1.45 bits per heavy atom. The molecule has 0 aromatic rings. The zero-order valence-corrected chi connectivity index (χ0v) is 7.01. The lowest BCUT2D eigenvalue weighted by Gasteiger charge is -2.02. The van der Waals surface area contributed by atoms with Crippen LogP contribution in [0.1, 0.15) is 19.3 Å². The average Bonchev–Trinajstić information content (AvgIpc) is 2.80. The van der Waals surface area contributed by atoms with Gasteiger partial charge in [0.05, 0.1) is 13.2 Å². The molecular weight excluding hydrogens is 138 g/mol. The van der Waals surface area contributed by atoms with Gasteiger partial charge in [-0.2, -0.15) is 0 Å². The van der Waals surface area contributed by atoms with Gasteiger partial charge in [0.25, 0.3) is 0 Å². The third kappa shape index (κ3) is 4.99. The second-order valence-electron chi connectivity index (χ2n) is 2.92. The highest BCUT2D eigenvalue weighted by Gasteiger charge is 2.19. The van der Waals surface area contributed by atoms with Crippen molar-refractivity contribution < 1.29 is 4.74 Å². The summed E-state index contributed by atoms with van der Waals surface area (Å²) < 4.78 is 5.32. The van der Waals surface area contributed by atoms with Crippen molar-refractivity contribution in [3.05, 3.63) is 12.7 Å². The van der Waals surface area contributed by atoms with Crippen LogP contribution in [0.2, 0.25) is 0 Å². The van der Waals surface area contributed by atoms with Crippen LogP contribution in [0.5, 0.6) is 0 Å². The average molecular weight is 155 g/mol. The van der Waals surface area contributed by atoms with Crippen molar-refractivity contribution in [1.29, 1.82) is 0 Å². The third-order valence-corrected chi connectivity index (χ3v) is 1.72. The van der Waals surface area contributed by atoms with Crippen molar-refractivity contribution in [3.63, 3.8) is 0 Å². The highest BCUT2D eigenvalue weighted by molar-refractivity contribution is 4.80. The minimum atomic E-state index is 0.804. The van der Waals surface area contributed by atoms with E-state index < -0.39 is 0 Å². The summed E-state index contributed by atoms with van der Waals surface area (Å²) in [6, 6.07) is 0.804. The lowest BCUT2D eigenvalue weighted by atomic mass is 10.4. The first kappa shape index (κ1) is 8.75. The van der Waals surface area contributed by atoms with Crippen LogP contribution in [0.15, 0.2) is 12.7 Å². The summed E-state index contributed by atoms with van der Waals surface area (Å²) in [5.74, 6) is 0. The maximum absolute atomic E-state index is 5.32. The van der Waals surface area contributed by atoms with Gasteiger partial charge in [-0.05, 0) is 19.3 Å². The van der Waals surface area contributed by atoms with Crippen LogP contribution in [-0.4, -0.2) is 25.8 Å². The summed E-state index contributed by atoms with van der Waals surface area (Å²) in [5, 5.41) is 3.38. The molecule has 1 rings (SSSR count). The summed E-state index contributed by atoms with van der Waals surface area (Å²) in [6.07, 6.45) is 5.55. The van der Waals surface area contributed by atoms with Crippen molar-refractivity contribution in [2.24, 2.45) is 0 Å². The fourth-order valence-corrected chi connectivity index (χ4v) is 0.891. The molecule has 2 heteroatoms. The summed E-state index contributed by atoms with van der Waals surface area (Å²) >= 11 is 0. The molecule has 0 atom stereocenters. The van der Waals surface area contributed by atoms with Crippen molar-refractivity contribution in [2.45, 2.75) is 25.3 Å². The first-order valence-corrected chi connectivity index (χ1v) is 4.35. The molecule has 1 fully saturated rings. The van der Waals surface area contributed by atoms with E-state index in [2.05, 4.69) is 11.9 Å². The van der Waals surface area contributed by atoms with Crippen molar-refractivity contribution >= 4 is 0 Å². The Morgan fingerprint density at radius 3 is 2.91 bits per heavy atom. The number of hydrogen-bond donors (Lipinski definition) is 1. The molecule has 1 aliphatic carbocycles. The maximum atomic E-state index is 5.32. The zero-order valence-electron chi connectivity index (χ0n) is 7.01. The summed E-state index contributed by atoms with van der Waals surface area (Å²) in [5.41, 5.74) is 0. The zero-order chi connectivity index (χ0) is 7.94. The second kappa shape index (κ2) is 5.33. The standard InChI is InChI=1S/C9H17NO/c1-2-3-7-11-8-6-10-9-4-5-9/h2,9-10H,1,3-8H2. The summed E-state index contributed by atoms with van der Waals surface area (Å²) in [4.78, 5) is 0. The Morgan fingerprint density at radius 2 is 2.27 bits per heavy atom. The molecule has 11 heavy (non-hydrogen) atoms. The van der Waals surface area contributed by atoms with E-state index in [4.69, 9.17) is 4.74 Å². The Bertz CT molecular complexity index is 110. The van der Waals surface area contributed by atoms with Gasteiger partial charge in [0.2, 0.25) is 0 Å². The molecule has 0 saturated heterocycles. The van der Waals surface area contributed by atoms with Gasteiger partial charge in [-0.1, -0.05) is 6.08 Å². The molecule has 0 unspecified atom stereocenters. The molecule has 1 saturated carbocycles. The normalized spacial score (nSPS) is 16.7. The van der Waals surface area contributed by atoms with Crippen LogP contribution in [0.4, 0.5) is 0 Å². The SMILES string of the molecule is C=CCCOCCNC1CC1. The molecule has 0 amide bonds. The molecule has 0 aromatic heterocycles. The number of nitrogens with one attached hydrogen (secondary N) is 1. The van der Waals surface area contributed by atoms with E-state index in [0.717, 1.165) is 32.2 Å². The molecule has 0 aliphatic heterocycles. The lowest BCUT2D eigenvalue weighted by molar-refractivity contribution is 0.140. The fourth-order valence-electron chi connectivity index (χ4n) is 0.891. The molecule has 0 spiro atoms. The molecule has 1 N–H and O–H groups in total. The number of hydrogen-bond acceptors (Lipinski definition) is 2. The van der Waals surface area contributed by atoms with E-state index in [-0.39, 0.29) is 0 Å². The van der Waals surface area contributed by atoms with Crippen LogP contribution in [-0.2, 0) is 4.74 Å². The van der Waals surface area contributed by atoms with Crippen LogP contribution in [0, 0.1) is 0 Å². The van der Waals surface area contributed by atoms with Crippen LogP contribution < -0.4 is 5.32 Å². The Kier molecular flexibility index (Phi) is 4.24. The second-order valence-corrected chi connectivity index (χ2v) is 2.92. The van der Waals surface area contributed by atoms with Crippen LogP contribution in [0.25, 0.3) is 0 Å². The quantitative estimate of drug-likeness (QED) is 0.442. The summed E-state index contributed by atoms with van der Waals surface area (Å²) in [6.45, 7) is 6.28. The number of ether oxygens (including phenoxy) is 1. The van der Waals surface area contributed by atoms with E-state index in [1.54, 1.807) is 0 Å². The smallest absolute Gasteiger partial charge is 0.0591 e. The van der Waals surface area contributed by atoms with Crippen molar-refractivity contribution in [1.82, 2.24) is 5.32 Å². The van der Waals surface area contributed by atoms with Crippen LogP contribution in [0.3, 0.4) is 0 Å². The van der Waals surface area contributed by atoms with Gasteiger partial charge in [0, 0.05) is 12.6 Å². The highest BCUT2D eigenvalue weighted by Crippen LogP contribution is 2.17. The van der Waals surface area contributed by atoms with Crippen LogP contribution >= 0.6 is 0 Å². The van der Waals surface area contributed by atoms with Gasteiger partial charge in [-0.15, -0.1) is 6.58 Å². The molecule has 0 bridgehead atoms. The van der Waals surface area contributed by atoms with Gasteiger partial charge < -0.3 is 10.1 Å². The predicted octanol–water partition coefficient (Wildman–Crippen LogP) is 1.33. The van der Waals surface area contributed by atoms with Gasteiger partial charge in [0.15, 0.2) is 0 Å². The first-order chi connectivity index (χ1) is 5.43. The third-order valence-electron chi connectivity index (χ3n) is 1.72. The van der Waals surface area contributed by atoms with Crippen molar-refractivity contribution in [2.75, 3.05) is 19.8 Å². The minimum absolute atomic E-state index is 0.804. The Labute approximate surface area is 68.6 Å². The Balaban J connectivity index is 1.69. The largest absolute Gasteiger partial charge is 0.380 e. The molecular formula is C9H17NO. The monoisotopic (exact) mass is 155 g/mol. The van der Waals surface area contributed by atoms with E-state index in [1.165, 1.54) is 12.8 Å². The van der Waals surface area contributed by atoms with Gasteiger partial charge >= 0.3 is 0 Å². The summed E-state index contributed by atoms with van der Waals surface area (Å²) in [7, 11) is 0. The van der Waals surface area contributed by atoms with E-state index in [0.29, 0.717) is 0 Å². The Hall–Kier alpha value is -0.340. The highest BCUT2D eigenvalue weighted by atomic mass is 16.5. The topological polar surface area (TPSA) is 21.3 Å². The molecule has 2 nitrogen and oxygen atoms in total. The fraction of sp³-hybridized carbons (Fsp3) is 0.778. The molecule has 64 valence electrons. The molecule has 0 heterocycles. The lowest BCUT2D eigenvalue weighted by Crippen LogP contribution is -2.21. The molecule has 1 aliphatic rings. The van der Waals surface area contributed by atoms with Gasteiger partial charge in [-0.3, -0.25) is 0 Å². The van der Waals surface area contributed by atoms with E-state index in [1.807, 2.05) is 6.08 Å². The van der Waals surface area contributed by atoms with Crippen molar-refractivity contribution in [3.8, 4) is 0 Å². The maximum Gasteiger partial charge on any atom is 0.0591 e. The predicted molar refractivity (Wildman–Crippen MR) is 46.7 cm³/mol. The first-order valence-electron chi connectivity index (χ1n) is 4.35. The molecule has 0 radical (unpaired) electrons. The van der Waals surface area contributed by atoms with Gasteiger partial charge in [0.1, 0.15) is 0 Å².